The van der Waals surface area contributed by atoms with Gasteiger partial charge in [0.2, 0.25) is 5.82 Å². The average molecular weight is 287 g/mol. The van der Waals surface area contributed by atoms with Crippen LogP contribution in [0.5, 0.6) is 0 Å². The first kappa shape index (κ1) is 12.9. The highest BCUT2D eigenvalue weighted by Crippen LogP contribution is 2.25. The zero-order chi connectivity index (χ0) is 13.9. The van der Waals surface area contributed by atoms with Crippen LogP contribution in [0.3, 0.4) is 0 Å². The van der Waals surface area contributed by atoms with Gasteiger partial charge in [-0.3, -0.25) is 4.98 Å². The summed E-state index contributed by atoms with van der Waals surface area (Å²) in [5.74, 6) is 0.976. The Bertz CT molecular complexity index is 721. The molecule has 0 aliphatic carbocycles. The molecule has 0 aromatic carbocycles. The van der Waals surface area contributed by atoms with Crippen molar-refractivity contribution in [3.8, 4) is 23.0 Å². The summed E-state index contributed by atoms with van der Waals surface area (Å²) < 4.78 is 5.28. The van der Waals surface area contributed by atoms with Crippen molar-refractivity contribution >= 4 is 11.3 Å². The molecule has 0 fully saturated rings. The van der Waals surface area contributed by atoms with E-state index in [0.29, 0.717) is 24.0 Å². The van der Waals surface area contributed by atoms with Gasteiger partial charge in [-0.2, -0.15) is 4.98 Å². The maximum absolute atomic E-state index is 5.51. The SMILES string of the molecule is Cc1cnccc1-c1noc(-c2csc(CCN)n2)n1. The average Bonchev–Trinajstić information content (AvgIpc) is 3.08. The van der Waals surface area contributed by atoms with Crippen molar-refractivity contribution < 1.29 is 4.52 Å². The van der Waals surface area contributed by atoms with Gasteiger partial charge in [-0.15, -0.1) is 11.3 Å². The first-order valence-corrected chi connectivity index (χ1v) is 7.05. The molecule has 0 saturated heterocycles. The smallest absolute Gasteiger partial charge is 0.277 e. The molecular weight excluding hydrogens is 274 g/mol. The van der Waals surface area contributed by atoms with Gasteiger partial charge < -0.3 is 10.3 Å². The molecule has 3 aromatic heterocycles. The molecule has 0 radical (unpaired) electrons. The number of nitrogens with zero attached hydrogens (tertiary/aromatic N) is 4. The standard InChI is InChI=1S/C13H13N5OS/c1-8-6-15-5-3-9(8)12-17-13(19-18-12)10-7-20-11(16-10)2-4-14/h3,5-7H,2,4,14H2,1H3. The molecule has 0 spiro atoms. The minimum atomic E-state index is 0.427. The van der Waals surface area contributed by atoms with Crippen LogP contribution in [0.4, 0.5) is 0 Å². The summed E-state index contributed by atoms with van der Waals surface area (Å²) in [6.07, 6.45) is 4.24. The van der Waals surface area contributed by atoms with E-state index in [1.165, 1.54) is 0 Å². The largest absolute Gasteiger partial charge is 0.332 e. The molecule has 2 N–H and O–H groups in total. The maximum atomic E-state index is 5.51. The number of nitrogens with two attached hydrogens (primary N) is 1. The molecule has 0 aliphatic rings. The third-order valence-corrected chi connectivity index (χ3v) is 3.72. The monoisotopic (exact) mass is 287 g/mol. The van der Waals surface area contributed by atoms with Gasteiger partial charge in [-0.05, 0) is 25.1 Å². The van der Waals surface area contributed by atoms with E-state index in [9.17, 15) is 0 Å². The molecule has 3 rings (SSSR count). The third-order valence-electron chi connectivity index (χ3n) is 2.82. The van der Waals surface area contributed by atoms with E-state index >= 15 is 0 Å². The van der Waals surface area contributed by atoms with Gasteiger partial charge >= 0.3 is 0 Å². The van der Waals surface area contributed by atoms with E-state index in [0.717, 1.165) is 22.6 Å². The van der Waals surface area contributed by atoms with Crippen molar-refractivity contribution in [2.45, 2.75) is 13.3 Å². The van der Waals surface area contributed by atoms with Gasteiger partial charge in [0.15, 0.2) is 0 Å². The Morgan fingerprint density at radius 3 is 3.05 bits per heavy atom. The van der Waals surface area contributed by atoms with Crippen LogP contribution in [0.2, 0.25) is 0 Å². The summed E-state index contributed by atoms with van der Waals surface area (Å²) in [4.78, 5) is 12.9. The Balaban J connectivity index is 1.91. The van der Waals surface area contributed by atoms with Crippen LogP contribution < -0.4 is 5.73 Å². The molecule has 20 heavy (non-hydrogen) atoms. The normalized spacial score (nSPS) is 10.9. The summed E-state index contributed by atoms with van der Waals surface area (Å²) >= 11 is 1.55. The second-order valence-electron chi connectivity index (χ2n) is 4.28. The van der Waals surface area contributed by atoms with Gasteiger partial charge in [0.25, 0.3) is 5.89 Å². The van der Waals surface area contributed by atoms with Crippen LogP contribution in [0.1, 0.15) is 10.6 Å². The van der Waals surface area contributed by atoms with Gasteiger partial charge in [0, 0.05) is 29.8 Å². The fraction of sp³-hybridized carbons (Fsp3) is 0.231. The second-order valence-corrected chi connectivity index (χ2v) is 5.22. The Morgan fingerprint density at radius 1 is 1.35 bits per heavy atom. The predicted molar refractivity (Wildman–Crippen MR) is 76.1 cm³/mol. The molecule has 0 saturated carbocycles. The maximum Gasteiger partial charge on any atom is 0.277 e. The lowest BCUT2D eigenvalue weighted by atomic mass is 10.1. The van der Waals surface area contributed by atoms with Gasteiger partial charge in [0.1, 0.15) is 5.69 Å². The van der Waals surface area contributed by atoms with Gasteiger partial charge in [-0.25, -0.2) is 4.98 Å². The number of thiazole rings is 1. The van der Waals surface area contributed by atoms with Crippen LogP contribution in [0.25, 0.3) is 23.0 Å². The third kappa shape index (κ3) is 2.45. The number of hydrogen-bond donors (Lipinski definition) is 1. The summed E-state index contributed by atoms with van der Waals surface area (Å²) in [5.41, 5.74) is 8.12. The summed E-state index contributed by atoms with van der Waals surface area (Å²) in [6, 6.07) is 1.87. The number of aryl methyl sites for hydroxylation is 1. The topological polar surface area (TPSA) is 90.7 Å². The van der Waals surface area contributed by atoms with E-state index in [2.05, 4.69) is 20.1 Å². The number of rotatable bonds is 4. The highest BCUT2D eigenvalue weighted by atomic mass is 32.1. The molecule has 0 amide bonds. The lowest BCUT2D eigenvalue weighted by Crippen LogP contribution is -2.01. The molecule has 3 aromatic rings. The minimum absolute atomic E-state index is 0.427. The molecule has 0 aliphatic heterocycles. The van der Waals surface area contributed by atoms with E-state index in [-0.39, 0.29) is 0 Å². The highest BCUT2D eigenvalue weighted by molar-refractivity contribution is 7.09. The van der Waals surface area contributed by atoms with Crippen molar-refractivity contribution in [2.75, 3.05) is 6.54 Å². The molecular formula is C13H13N5OS. The van der Waals surface area contributed by atoms with Crippen LogP contribution in [-0.4, -0.2) is 26.7 Å². The Hall–Kier alpha value is -2.12. The predicted octanol–water partition coefficient (Wildman–Crippen LogP) is 2.06. The lowest BCUT2D eigenvalue weighted by Gasteiger charge is -1.97. The van der Waals surface area contributed by atoms with E-state index in [1.807, 2.05) is 18.4 Å². The fourth-order valence-corrected chi connectivity index (χ4v) is 2.60. The molecule has 102 valence electrons. The molecule has 7 heteroatoms. The minimum Gasteiger partial charge on any atom is -0.332 e. The summed E-state index contributed by atoms with van der Waals surface area (Å²) in [5, 5.41) is 6.88. The Kier molecular flexibility index (Phi) is 3.53. The van der Waals surface area contributed by atoms with Crippen molar-refractivity contribution in [2.24, 2.45) is 5.73 Å². The molecule has 0 atom stereocenters. The van der Waals surface area contributed by atoms with Crippen molar-refractivity contribution in [1.82, 2.24) is 20.1 Å². The first-order valence-electron chi connectivity index (χ1n) is 6.17. The van der Waals surface area contributed by atoms with Gasteiger partial charge in [-0.1, -0.05) is 5.16 Å². The highest BCUT2D eigenvalue weighted by Gasteiger charge is 2.14. The van der Waals surface area contributed by atoms with E-state index < -0.39 is 0 Å². The van der Waals surface area contributed by atoms with Crippen LogP contribution in [0.15, 0.2) is 28.4 Å². The van der Waals surface area contributed by atoms with Crippen molar-refractivity contribution in [3.05, 3.63) is 34.4 Å². The molecule has 6 nitrogen and oxygen atoms in total. The fourth-order valence-electron chi connectivity index (χ4n) is 1.81. The van der Waals surface area contributed by atoms with Gasteiger partial charge in [0.05, 0.1) is 5.01 Å². The van der Waals surface area contributed by atoms with Crippen molar-refractivity contribution in [3.63, 3.8) is 0 Å². The number of hydrogen-bond acceptors (Lipinski definition) is 7. The first-order chi connectivity index (χ1) is 9.78. The van der Waals surface area contributed by atoms with Crippen LogP contribution in [0, 0.1) is 6.92 Å². The second kappa shape index (κ2) is 5.48. The van der Waals surface area contributed by atoms with Crippen LogP contribution in [-0.2, 0) is 6.42 Å². The Labute approximate surface area is 119 Å². The Morgan fingerprint density at radius 2 is 2.25 bits per heavy atom. The van der Waals surface area contributed by atoms with E-state index in [1.54, 1.807) is 23.7 Å². The molecule has 3 heterocycles. The molecule has 0 unspecified atom stereocenters. The zero-order valence-electron chi connectivity index (χ0n) is 10.9. The quantitative estimate of drug-likeness (QED) is 0.790. The summed E-state index contributed by atoms with van der Waals surface area (Å²) in [7, 11) is 0. The zero-order valence-corrected chi connectivity index (χ0v) is 11.7. The summed E-state index contributed by atoms with van der Waals surface area (Å²) in [6.45, 7) is 2.54. The van der Waals surface area contributed by atoms with Crippen LogP contribution >= 0.6 is 11.3 Å². The molecule has 0 bridgehead atoms. The number of aromatic nitrogens is 4. The lowest BCUT2D eigenvalue weighted by molar-refractivity contribution is 0.431. The van der Waals surface area contributed by atoms with Crippen molar-refractivity contribution in [1.29, 1.82) is 0 Å². The number of pyridine rings is 1. The van der Waals surface area contributed by atoms with E-state index in [4.69, 9.17) is 10.3 Å².